The molecule has 0 unspecified atom stereocenters. The topological polar surface area (TPSA) is 21.3 Å². The van der Waals surface area contributed by atoms with E-state index in [9.17, 15) is 0 Å². The van der Waals surface area contributed by atoms with E-state index in [1.54, 1.807) is 0 Å². The molecule has 1 N–H and O–H groups in total. The van der Waals surface area contributed by atoms with Gasteiger partial charge in [-0.05, 0) is 32.4 Å². The van der Waals surface area contributed by atoms with E-state index >= 15 is 0 Å². The van der Waals surface area contributed by atoms with Crippen molar-refractivity contribution in [3.63, 3.8) is 0 Å². The van der Waals surface area contributed by atoms with Gasteiger partial charge in [-0.25, -0.2) is 0 Å². The van der Waals surface area contributed by atoms with Crippen LogP contribution in [0, 0.1) is 0 Å². The summed E-state index contributed by atoms with van der Waals surface area (Å²) in [5.74, 6) is 1.72. The third-order valence-corrected chi connectivity index (χ3v) is 4.06. The van der Waals surface area contributed by atoms with Gasteiger partial charge in [0.2, 0.25) is 0 Å². The van der Waals surface area contributed by atoms with Crippen LogP contribution in [0.1, 0.15) is 37.2 Å². The first-order chi connectivity index (χ1) is 7.86. The average molecular weight is 217 g/mol. The lowest BCUT2D eigenvalue weighted by atomic mass is 9.73. The van der Waals surface area contributed by atoms with Crippen LogP contribution in [0.2, 0.25) is 0 Å². The van der Waals surface area contributed by atoms with Crippen LogP contribution >= 0.6 is 0 Å². The first-order valence-electron chi connectivity index (χ1n) is 6.28. The maximum absolute atomic E-state index is 6.28. The second-order valence-corrected chi connectivity index (χ2v) is 5.03. The van der Waals surface area contributed by atoms with Gasteiger partial charge in [-0.1, -0.05) is 24.6 Å². The predicted octanol–water partition coefficient (Wildman–Crippen LogP) is 2.69. The van der Waals surface area contributed by atoms with Crippen molar-refractivity contribution in [2.24, 2.45) is 0 Å². The molecular formula is C14H19NO. The lowest BCUT2D eigenvalue weighted by molar-refractivity contribution is 0.0378. The van der Waals surface area contributed by atoms with Crippen LogP contribution in [-0.2, 0) is 0 Å². The van der Waals surface area contributed by atoms with Crippen molar-refractivity contribution >= 4 is 0 Å². The summed E-state index contributed by atoms with van der Waals surface area (Å²) >= 11 is 0. The Morgan fingerprint density at radius 3 is 3.12 bits per heavy atom. The number of ether oxygens (including phenoxy) is 1. The van der Waals surface area contributed by atoms with Crippen LogP contribution in [0.4, 0.5) is 0 Å². The van der Waals surface area contributed by atoms with Crippen molar-refractivity contribution in [2.75, 3.05) is 13.6 Å². The Morgan fingerprint density at radius 1 is 1.38 bits per heavy atom. The van der Waals surface area contributed by atoms with E-state index in [4.69, 9.17) is 4.74 Å². The number of benzene rings is 1. The summed E-state index contributed by atoms with van der Waals surface area (Å²) in [6, 6.07) is 8.56. The van der Waals surface area contributed by atoms with E-state index in [0.717, 1.165) is 12.3 Å². The Kier molecular flexibility index (Phi) is 2.40. The van der Waals surface area contributed by atoms with Gasteiger partial charge >= 0.3 is 0 Å². The number of fused-ring (bicyclic) bond motifs is 3. The predicted molar refractivity (Wildman–Crippen MR) is 64.9 cm³/mol. The van der Waals surface area contributed by atoms with Crippen molar-refractivity contribution in [3.05, 3.63) is 29.8 Å². The van der Waals surface area contributed by atoms with Gasteiger partial charge < -0.3 is 10.1 Å². The zero-order valence-electron chi connectivity index (χ0n) is 9.83. The molecule has 2 nitrogen and oxygen atoms in total. The van der Waals surface area contributed by atoms with Gasteiger partial charge in [0.15, 0.2) is 0 Å². The quantitative estimate of drug-likeness (QED) is 0.822. The van der Waals surface area contributed by atoms with Crippen LogP contribution in [0.3, 0.4) is 0 Å². The summed E-state index contributed by atoms with van der Waals surface area (Å²) in [6.07, 6.45) is 5.10. The second-order valence-electron chi connectivity index (χ2n) is 5.03. The lowest BCUT2D eigenvalue weighted by Crippen LogP contribution is -2.48. The van der Waals surface area contributed by atoms with E-state index in [1.165, 1.54) is 31.2 Å². The summed E-state index contributed by atoms with van der Waals surface area (Å²) in [4.78, 5) is 0. The SMILES string of the molecule is CNC[C@]12CCCC[C@H]1c1ccccc1O2. The van der Waals surface area contributed by atoms with E-state index in [-0.39, 0.29) is 5.60 Å². The van der Waals surface area contributed by atoms with Crippen LogP contribution in [0.25, 0.3) is 0 Å². The highest BCUT2D eigenvalue weighted by Crippen LogP contribution is 2.51. The fraction of sp³-hybridized carbons (Fsp3) is 0.571. The molecule has 1 fully saturated rings. The molecule has 16 heavy (non-hydrogen) atoms. The summed E-state index contributed by atoms with van der Waals surface area (Å²) < 4.78 is 6.28. The molecule has 2 heteroatoms. The number of likely N-dealkylation sites (N-methyl/N-ethyl adjacent to an activating group) is 1. The maximum Gasteiger partial charge on any atom is 0.128 e. The van der Waals surface area contributed by atoms with Gasteiger partial charge in [0.25, 0.3) is 0 Å². The molecule has 86 valence electrons. The lowest BCUT2D eigenvalue weighted by Gasteiger charge is -2.38. The number of hydrogen-bond donors (Lipinski definition) is 1. The van der Waals surface area contributed by atoms with Gasteiger partial charge in [-0.2, -0.15) is 0 Å². The normalized spacial score (nSPS) is 31.7. The molecular weight excluding hydrogens is 198 g/mol. The van der Waals surface area contributed by atoms with Crippen LogP contribution in [0.5, 0.6) is 5.75 Å². The Labute approximate surface area is 97.0 Å². The standard InChI is InChI=1S/C14H19NO/c1-15-10-14-9-5-4-7-12(14)11-6-2-3-8-13(11)16-14/h2-3,6,8,12,15H,4-5,7,9-10H2,1H3/t12-,14+/m0/s1. The third-order valence-electron chi connectivity index (χ3n) is 4.06. The van der Waals surface area contributed by atoms with Crippen molar-refractivity contribution in [2.45, 2.75) is 37.2 Å². The molecule has 2 aliphatic rings. The molecule has 1 aliphatic heterocycles. The van der Waals surface area contributed by atoms with Crippen LogP contribution in [-0.4, -0.2) is 19.2 Å². The van der Waals surface area contributed by atoms with Gasteiger partial charge in [-0.3, -0.25) is 0 Å². The zero-order chi connectivity index (χ0) is 11.0. The minimum Gasteiger partial charge on any atom is -0.485 e. The number of rotatable bonds is 2. The highest BCUT2D eigenvalue weighted by atomic mass is 16.5. The van der Waals surface area contributed by atoms with Gasteiger partial charge in [0, 0.05) is 18.0 Å². The summed E-state index contributed by atoms with van der Waals surface area (Å²) in [5.41, 5.74) is 1.47. The van der Waals surface area contributed by atoms with Gasteiger partial charge in [0.05, 0.1) is 0 Å². The molecule has 1 aromatic rings. The van der Waals surface area contributed by atoms with Gasteiger partial charge in [-0.15, -0.1) is 0 Å². The first kappa shape index (κ1) is 10.2. The smallest absolute Gasteiger partial charge is 0.128 e. The second kappa shape index (κ2) is 3.77. The summed E-state index contributed by atoms with van der Waals surface area (Å²) in [5, 5.41) is 3.31. The number of hydrogen-bond acceptors (Lipinski definition) is 2. The molecule has 0 bridgehead atoms. The van der Waals surface area contributed by atoms with E-state index in [1.807, 2.05) is 7.05 Å². The van der Waals surface area contributed by atoms with Crippen LogP contribution in [0.15, 0.2) is 24.3 Å². The summed E-state index contributed by atoms with van der Waals surface area (Å²) in [7, 11) is 2.02. The van der Waals surface area contributed by atoms with E-state index in [0.29, 0.717) is 5.92 Å². The summed E-state index contributed by atoms with van der Waals surface area (Å²) in [6.45, 7) is 0.965. The van der Waals surface area contributed by atoms with Crippen molar-refractivity contribution < 1.29 is 4.74 Å². The number of nitrogens with one attached hydrogen (secondary N) is 1. The molecule has 0 spiro atoms. The highest BCUT2D eigenvalue weighted by Gasteiger charge is 2.48. The molecule has 0 amide bonds. The minimum absolute atomic E-state index is 0.0384. The fourth-order valence-electron chi connectivity index (χ4n) is 3.40. The maximum atomic E-state index is 6.28. The van der Waals surface area contributed by atoms with Crippen molar-refractivity contribution in [3.8, 4) is 5.75 Å². The first-order valence-corrected chi connectivity index (χ1v) is 6.28. The molecule has 1 saturated carbocycles. The van der Waals surface area contributed by atoms with Crippen molar-refractivity contribution in [1.82, 2.24) is 5.32 Å². The Hall–Kier alpha value is -1.02. The minimum atomic E-state index is 0.0384. The average Bonchev–Trinajstić information content (AvgIpc) is 2.63. The molecule has 1 heterocycles. The van der Waals surface area contributed by atoms with Crippen molar-refractivity contribution in [1.29, 1.82) is 0 Å². The molecule has 0 saturated heterocycles. The highest BCUT2D eigenvalue weighted by molar-refractivity contribution is 5.43. The van der Waals surface area contributed by atoms with E-state index in [2.05, 4.69) is 29.6 Å². The molecule has 1 aromatic carbocycles. The molecule has 2 atom stereocenters. The Balaban J connectivity index is 2.00. The monoisotopic (exact) mass is 217 g/mol. The molecule has 1 aliphatic carbocycles. The largest absolute Gasteiger partial charge is 0.485 e. The number of para-hydroxylation sites is 1. The fourth-order valence-corrected chi connectivity index (χ4v) is 3.40. The molecule has 0 aromatic heterocycles. The molecule has 0 radical (unpaired) electrons. The molecule has 3 rings (SSSR count). The zero-order valence-corrected chi connectivity index (χ0v) is 9.83. The third kappa shape index (κ3) is 1.36. The van der Waals surface area contributed by atoms with Crippen LogP contribution < -0.4 is 10.1 Å². The van der Waals surface area contributed by atoms with Gasteiger partial charge in [0.1, 0.15) is 11.4 Å². The Morgan fingerprint density at radius 2 is 2.25 bits per heavy atom. The van der Waals surface area contributed by atoms with E-state index < -0.39 is 0 Å². The Bertz CT molecular complexity index is 386.